The molecule has 0 aromatic heterocycles. The molecule has 1 atom stereocenters. The van der Waals surface area contributed by atoms with Crippen LogP contribution in [0.15, 0.2) is 18.2 Å². The summed E-state index contributed by atoms with van der Waals surface area (Å²) >= 11 is 12.3. The van der Waals surface area contributed by atoms with Crippen molar-refractivity contribution in [2.45, 2.75) is 51.7 Å². The number of benzene rings is 1. The monoisotopic (exact) mass is 314 g/mol. The quantitative estimate of drug-likeness (QED) is 0.889. The summed E-state index contributed by atoms with van der Waals surface area (Å²) in [5, 5.41) is 5.11. The van der Waals surface area contributed by atoms with Crippen molar-refractivity contribution in [1.82, 2.24) is 10.2 Å². The zero-order valence-corrected chi connectivity index (χ0v) is 14.1. The molecule has 1 saturated heterocycles. The molecule has 0 saturated carbocycles. The summed E-state index contributed by atoms with van der Waals surface area (Å²) in [4.78, 5) is 2.53. The number of piperazine rings is 1. The molecular weight excluding hydrogens is 291 g/mol. The lowest BCUT2D eigenvalue weighted by Crippen LogP contribution is -2.61. The number of rotatable bonds is 4. The van der Waals surface area contributed by atoms with Crippen LogP contribution < -0.4 is 5.32 Å². The molecule has 2 nitrogen and oxygen atoms in total. The second-order valence-corrected chi connectivity index (χ2v) is 7.14. The highest BCUT2D eigenvalue weighted by atomic mass is 35.5. The van der Waals surface area contributed by atoms with Gasteiger partial charge in [0.15, 0.2) is 0 Å². The van der Waals surface area contributed by atoms with E-state index in [1.165, 1.54) is 12.8 Å². The van der Waals surface area contributed by atoms with Crippen molar-refractivity contribution in [2.24, 2.45) is 0 Å². The largest absolute Gasteiger partial charge is 0.311 e. The Kier molecular flexibility index (Phi) is 5.36. The van der Waals surface area contributed by atoms with E-state index < -0.39 is 0 Å². The van der Waals surface area contributed by atoms with Crippen molar-refractivity contribution in [3.05, 3.63) is 33.8 Å². The second-order valence-electron chi connectivity index (χ2n) is 6.30. The van der Waals surface area contributed by atoms with Crippen LogP contribution in [0.25, 0.3) is 0 Å². The van der Waals surface area contributed by atoms with Crippen molar-refractivity contribution in [3.8, 4) is 0 Å². The minimum atomic E-state index is 0.146. The van der Waals surface area contributed by atoms with E-state index >= 15 is 0 Å². The first-order valence-corrected chi connectivity index (χ1v) is 8.10. The Morgan fingerprint density at radius 3 is 2.75 bits per heavy atom. The van der Waals surface area contributed by atoms with Gasteiger partial charge in [-0.05, 0) is 38.0 Å². The van der Waals surface area contributed by atoms with Gasteiger partial charge in [0.1, 0.15) is 0 Å². The summed E-state index contributed by atoms with van der Waals surface area (Å²) in [6.45, 7) is 9.77. The molecule has 1 heterocycles. The van der Waals surface area contributed by atoms with Gasteiger partial charge in [-0.15, -0.1) is 0 Å². The molecule has 0 amide bonds. The van der Waals surface area contributed by atoms with Gasteiger partial charge < -0.3 is 5.32 Å². The average Bonchev–Trinajstić information content (AvgIpc) is 2.37. The third-order valence-corrected chi connectivity index (χ3v) is 4.72. The van der Waals surface area contributed by atoms with Gasteiger partial charge in [0.25, 0.3) is 0 Å². The summed E-state index contributed by atoms with van der Waals surface area (Å²) in [6, 6.07) is 6.37. The van der Waals surface area contributed by atoms with E-state index in [-0.39, 0.29) is 5.54 Å². The first-order valence-electron chi connectivity index (χ1n) is 7.34. The Bertz CT molecular complexity index is 460. The molecule has 2 rings (SSSR count). The Labute approximate surface area is 132 Å². The Morgan fingerprint density at radius 1 is 1.35 bits per heavy atom. The van der Waals surface area contributed by atoms with Gasteiger partial charge in [0, 0.05) is 41.3 Å². The third kappa shape index (κ3) is 3.88. The van der Waals surface area contributed by atoms with E-state index in [2.05, 4.69) is 31.0 Å². The van der Waals surface area contributed by atoms with Crippen LogP contribution in [0, 0.1) is 0 Å². The van der Waals surface area contributed by atoms with Gasteiger partial charge in [-0.25, -0.2) is 0 Å². The molecular formula is C16H24Cl2N2. The molecule has 1 aliphatic rings. The lowest BCUT2D eigenvalue weighted by Gasteiger charge is -2.46. The predicted molar refractivity (Wildman–Crippen MR) is 87.6 cm³/mol. The van der Waals surface area contributed by atoms with E-state index in [0.717, 1.165) is 30.2 Å². The van der Waals surface area contributed by atoms with Crippen LogP contribution in [0.4, 0.5) is 0 Å². The van der Waals surface area contributed by atoms with Crippen molar-refractivity contribution < 1.29 is 0 Å². The van der Waals surface area contributed by atoms with E-state index in [1.54, 1.807) is 0 Å². The smallest absolute Gasteiger partial charge is 0.0465 e. The van der Waals surface area contributed by atoms with Crippen LogP contribution in [-0.4, -0.2) is 29.6 Å². The fourth-order valence-corrected chi connectivity index (χ4v) is 3.23. The van der Waals surface area contributed by atoms with Gasteiger partial charge >= 0.3 is 0 Å². The number of nitrogens with one attached hydrogen (secondary N) is 1. The Morgan fingerprint density at radius 2 is 2.10 bits per heavy atom. The van der Waals surface area contributed by atoms with Crippen LogP contribution in [0.1, 0.15) is 39.2 Å². The summed E-state index contributed by atoms with van der Waals surface area (Å²) in [6.07, 6.45) is 2.44. The first-order chi connectivity index (χ1) is 9.42. The minimum Gasteiger partial charge on any atom is -0.311 e. The van der Waals surface area contributed by atoms with Crippen LogP contribution in [0.3, 0.4) is 0 Å². The normalized spacial score (nSPS) is 22.9. The van der Waals surface area contributed by atoms with Crippen molar-refractivity contribution >= 4 is 23.2 Å². The molecule has 1 unspecified atom stereocenters. The standard InChI is InChI=1S/C16H24Cl2N2/c1-4-5-14-10-20(16(2,3)11-19-14)9-12-6-7-13(17)8-15(12)18/h6-8,14,19H,4-5,9-11H2,1-3H3. The molecule has 0 spiro atoms. The van der Waals surface area contributed by atoms with Crippen molar-refractivity contribution in [1.29, 1.82) is 0 Å². The molecule has 0 radical (unpaired) electrons. The zero-order valence-electron chi connectivity index (χ0n) is 12.5. The van der Waals surface area contributed by atoms with E-state index in [0.29, 0.717) is 11.1 Å². The highest BCUT2D eigenvalue weighted by Gasteiger charge is 2.33. The molecule has 1 aliphatic heterocycles. The average molecular weight is 315 g/mol. The van der Waals surface area contributed by atoms with Crippen molar-refractivity contribution in [3.63, 3.8) is 0 Å². The zero-order chi connectivity index (χ0) is 14.8. The summed E-state index contributed by atoms with van der Waals surface area (Å²) in [7, 11) is 0. The fraction of sp³-hybridized carbons (Fsp3) is 0.625. The molecule has 1 aromatic carbocycles. The topological polar surface area (TPSA) is 15.3 Å². The van der Waals surface area contributed by atoms with Gasteiger partial charge in [0.2, 0.25) is 0 Å². The molecule has 4 heteroatoms. The van der Waals surface area contributed by atoms with Gasteiger partial charge in [-0.1, -0.05) is 42.6 Å². The number of halogens is 2. The van der Waals surface area contributed by atoms with Crippen LogP contribution in [0.5, 0.6) is 0 Å². The molecule has 0 aliphatic carbocycles. The van der Waals surface area contributed by atoms with E-state index in [4.69, 9.17) is 23.2 Å². The summed E-state index contributed by atoms with van der Waals surface area (Å²) < 4.78 is 0. The first kappa shape index (κ1) is 16.1. The SMILES string of the molecule is CCCC1CN(Cc2ccc(Cl)cc2Cl)C(C)(C)CN1. The maximum absolute atomic E-state index is 6.31. The molecule has 112 valence electrons. The maximum atomic E-state index is 6.31. The van der Waals surface area contributed by atoms with E-state index in [9.17, 15) is 0 Å². The van der Waals surface area contributed by atoms with Gasteiger partial charge in [-0.3, -0.25) is 4.90 Å². The van der Waals surface area contributed by atoms with Crippen molar-refractivity contribution in [2.75, 3.05) is 13.1 Å². The molecule has 1 N–H and O–H groups in total. The van der Waals surface area contributed by atoms with Crippen LogP contribution >= 0.6 is 23.2 Å². The summed E-state index contributed by atoms with van der Waals surface area (Å²) in [5.74, 6) is 0. The highest BCUT2D eigenvalue weighted by Crippen LogP contribution is 2.27. The lowest BCUT2D eigenvalue weighted by molar-refractivity contribution is 0.0564. The lowest BCUT2D eigenvalue weighted by atomic mass is 9.95. The Balaban J connectivity index is 2.11. The predicted octanol–water partition coefficient (Wildman–Crippen LogP) is 4.35. The van der Waals surface area contributed by atoms with E-state index in [1.807, 2.05) is 18.2 Å². The highest BCUT2D eigenvalue weighted by molar-refractivity contribution is 6.35. The van der Waals surface area contributed by atoms with Gasteiger partial charge in [-0.2, -0.15) is 0 Å². The fourth-order valence-electron chi connectivity index (χ4n) is 2.76. The van der Waals surface area contributed by atoms with Crippen LogP contribution in [0.2, 0.25) is 10.0 Å². The molecule has 1 aromatic rings. The number of nitrogens with zero attached hydrogens (tertiary/aromatic N) is 1. The molecule has 1 fully saturated rings. The molecule has 0 bridgehead atoms. The number of hydrogen-bond donors (Lipinski definition) is 1. The van der Waals surface area contributed by atoms with Gasteiger partial charge in [0.05, 0.1) is 0 Å². The third-order valence-electron chi connectivity index (χ3n) is 4.13. The maximum Gasteiger partial charge on any atom is 0.0465 e. The molecule has 20 heavy (non-hydrogen) atoms. The van der Waals surface area contributed by atoms with Crippen LogP contribution in [-0.2, 0) is 6.54 Å². The number of hydrogen-bond acceptors (Lipinski definition) is 2. The Hall–Kier alpha value is -0.280. The second kappa shape index (κ2) is 6.65. The summed E-state index contributed by atoms with van der Waals surface area (Å²) in [5.41, 5.74) is 1.30. The minimum absolute atomic E-state index is 0.146.